The Balaban J connectivity index is 2.09. The highest BCUT2D eigenvalue weighted by molar-refractivity contribution is 5.69. The SMILES string of the molecule is CC(C)(C)OC(=O)N1CCCC1C=Cc1cccc(F)c1F. The first-order valence-electron chi connectivity index (χ1n) is 7.40. The lowest BCUT2D eigenvalue weighted by molar-refractivity contribution is 0.0256. The normalized spacial score (nSPS) is 19.0. The molecule has 1 fully saturated rings. The molecule has 0 aliphatic carbocycles. The van der Waals surface area contributed by atoms with Gasteiger partial charge in [-0.05, 0) is 39.7 Å². The van der Waals surface area contributed by atoms with E-state index in [2.05, 4.69) is 0 Å². The van der Waals surface area contributed by atoms with Crippen LogP contribution in [-0.2, 0) is 4.74 Å². The Morgan fingerprint density at radius 2 is 2.09 bits per heavy atom. The predicted molar refractivity (Wildman–Crippen MR) is 81.4 cm³/mol. The molecule has 3 nitrogen and oxygen atoms in total. The largest absolute Gasteiger partial charge is 0.444 e. The summed E-state index contributed by atoms with van der Waals surface area (Å²) in [5, 5.41) is 0. The fourth-order valence-electron chi connectivity index (χ4n) is 2.40. The van der Waals surface area contributed by atoms with Crippen LogP contribution in [0, 0.1) is 11.6 Å². The minimum Gasteiger partial charge on any atom is -0.444 e. The quantitative estimate of drug-likeness (QED) is 0.811. The van der Waals surface area contributed by atoms with Crippen LogP contribution < -0.4 is 0 Å². The fraction of sp³-hybridized carbons (Fsp3) is 0.471. The predicted octanol–water partition coefficient (Wildman–Crippen LogP) is 4.38. The number of hydrogen-bond donors (Lipinski definition) is 0. The fourth-order valence-corrected chi connectivity index (χ4v) is 2.40. The summed E-state index contributed by atoms with van der Waals surface area (Å²) < 4.78 is 32.2. The van der Waals surface area contributed by atoms with Crippen LogP contribution in [0.3, 0.4) is 0 Å². The average molecular weight is 309 g/mol. The number of halogens is 2. The van der Waals surface area contributed by atoms with Crippen molar-refractivity contribution in [2.24, 2.45) is 0 Å². The molecule has 0 N–H and O–H groups in total. The number of benzene rings is 1. The van der Waals surface area contributed by atoms with Gasteiger partial charge in [0.05, 0.1) is 6.04 Å². The molecular weight excluding hydrogens is 288 g/mol. The first kappa shape index (κ1) is 16.5. The van der Waals surface area contributed by atoms with Crippen molar-refractivity contribution < 1.29 is 18.3 Å². The van der Waals surface area contributed by atoms with Crippen molar-refractivity contribution in [1.82, 2.24) is 4.90 Å². The molecule has 22 heavy (non-hydrogen) atoms. The van der Waals surface area contributed by atoms with Gasteiger partial charge in [0.25, 0.3) is 0 Å². The molecule has 0 bridgehead atoms. The van der Waals surface area contributed by atoms with Crippen molar-refractivity contribution in [3.8, 4) is 0 Å². The Bertz CT molecular complexity index is 579. The zero-order chi connectivity index (χ0) is 16.3. The van der Waals surface area contributed by atoms with E-state index < -0.39 is 17.2 Å². The van der Waals surface area contributed by atoms with Crippen LogP contribution in [-0.4, -0.2) is 29.2 Å². The maximum Gasteiger partial charge on any atom is 0.410 e. The molecule has 2 rings (SSSR count). The van der Waals surface area contributed by atoms with E-state index in [1.807, 2.05) is 20.8 Å². The van der Waals surface area contributed by atoms with Crippen LogP contribution in [0.15, 0.2) is 24.3 Å². The Hall–Kier alpha value is -1.91. The highest BCUT2D eigenvalue weighted by atomic mass is 19.2. The van der Waals surface area contributed by atoms with Crippen molar-refractivity contribution in [3.05, 3.63) is 41.5 Å². The summed E-state index contributed by atoms with van der Waals surface area (Å²) in [7, 11) is 0. The third-order valence-electron chi connectivity index (χ3n) is 3.41. The maximum atomic E-state index is 13.6. The molecule has 0 saturated carbocycles. The van der Waals surface area contributed by atoms with Crippen molar-refractivity contribution in [2.75, 3.05) is 6.54 Å². The van der Waals surface area contributed by atoms with E-state index in [9.17, 15) is 13.6 Å². The number of nitrogens with zero attached hydrogens (tertiary/aromatic N) is 1. The van der Waals surface area contributed by atoms with Crippen LogP contribution in [0.4, 0.5) is 13.6 Å². The van der Waals surface area contributed by atoms with Crippen molar-refractivity contribution in [2.45, 2.75) is 45.3 Å². The van der Waals surface area contributed by atoms with Gasteiger partial charge in [0.1, 0.15) is 5.60 Å². The van der Waals surface area contributed by atoms with Gasteiger partial charge in [-0.3, -0.25) is 0 Å². The molecule has 5 heteroatoms. The summed E-state index contributed by atoms with van der Waals surface area (Å²) in [5.41, 5.74) is -0.376. The van der Waals surface area contributed by atoms with E-state index in [1.165, 1.54) is 18.2 Å². The minimum absolute atomic E-state index is 0.155. The lowest BCUT2D eigenvalue weighted by Crippen LogP contribution is -2.39. The highest BCUT2D eigenvalue weighted by Gasteiger charge is 2.30. The van der Waals surface area contributed by atoms with Gasteiger partial charge in [-0.1, -0.05) is 24.3 Å². The number of carbonyl (C=O) groups is 1. The molecule has 1 heterocycles. The zero-order valence-electron chi connectivity index (χ0n) is 13.1. The van der Waals surface area contributed by atoms with E-state index in [4.69, 9.17) is 4.74 Å². The second-order valence-corrected chi connectivity index (χ2v) is 6.39. The molecule has 1 amide bonds. The molecule has 0 aromatic heterocycles. The van der Waals surface area contributed by atoms with Crippen molar-refractivity contribution in [1.29, 1.82) is 0 Å². The molecule has 0 radical (unpaired) electrons. The van der Waals surface area contributed by atoms with Gasteiger partial charge in [0.15, 0.2) is 11.6 Å². The summed E-state index contributed by atoms with van der Waals surface area (Å²) in [4.78, 5) is 13.8. The molecule has 1 aliphatic heterocycles. The lowest BCUT2D eigenvalue weighted by Gasteiger charge is -2.27. The molecule has 1 aromatic rings. The van der Waals surface area contributed by atoms with Crippen LogP contribution >= 0.6 is 0 Å². The monoisotopic (exact) mass is 309 g/mol. The first-order valence-corrected chi connectivity index (χ1v) is 7.40. The van der Waals surface area contributed by atoms with Crippen LogP contribution in [0.25, 0.3) is 6.08 Å². The van der Waals surface area contributed by atoms with Gasteiger partial charge >= 0.3 is 6.09 Å². The number of carbonyl (C=O) groups excluding carboxylic acids is 1. The van der Waals surface area contributed by atoms with Crippen LogP contribution in [0.5, 0.6) is 0 Å². The van der Waals surface area contributed by atoms with Gasteiger partial charge in [-0.25, -0.2) is 13.6 Å². The summed E-state index contributed by atoms with van der Waals surface area (Å²) in [6.45, 7) is 6.05. The molecule has 1 atom stereocenters. The topological polar surface area (TPSA) is 29.5 Å². The highest BCUT2D eigenvalue weighted by Crippen LogP contribution is 2.23. The first-order chi connectivity index (χ1) is 10.3. The minimum atomic E-state index is -0.877. The average Bonchev–Trinajstić information content (AvgIpc) is 2.87. The van der Waals surface area contributed by atoms with Crippen molar-refractivity contribution >= 4 is 12.2 Å². The number of rotatable bonds is 2. The maximum absolute atomic E-state index is 13.6. The third-order valence-corrected chi connectivity index (χ3v) is 3.41. The smallest absolute Gasteiger partial charge is 0.410 e. The Morgan fingerprint density at radius 3 is 2.77 bits per heavy atom. The summed E-state index contributed by atoms with van der Waals surface area (Å²) in [5.74, 6) is -1.75. The van der Waals surface area contributed by atoms with E-state index in [0.717, 1.165) is 18.9 Å². The second-order valence-electron chi connectivity index (χ2n) is 6.39. The molecule has 1 saturated heterocycles. The third kappa shape index (κ3) is 4.06. The Kier molecular flexibility index (Phi) is 4.84. The van der Waals surface area contributed by atoms with E-state index in [0.29, 0.717) is 6.54 Å². The Labute approximate surface area is 129 Å². The summed E-state index contributed by atoms with van der Waals surface area (Å²) >= 11 is 0. The van der Waals surface area contributed by atoms with E-state index in [1.54, 1.807) is 11.0 Å². The molecule has 1 aliphatic rings. The van der Waals surface area contributed by atoms with Gasteiger partial charge in [0, 0.05) is 12.1 Å². The number of amides is 1. The molecular formula is C17H21F2NO2. The van der Waals surface area contributed by atoms with Crippen LogP contribution in [0.1, 0.15) is 39.2 Å². The van der Waals surface area contributed by atoms with Gasteiger partial charge in [-0.15, -0.1) is 0 Å². The van der Waals surface area contributed by atoms with E-state index in [-0.39, 0.29) is 17.7 Å². The van der Waals surface area contributed by atoms with Gasteiger partial charge in [0.2, 0.25) is 0 Å². The molecule has 0 spiro atoms. The number of ether oxygens (including phenoxy) is 1. The van der Waals surface area contributed by atoms with Gasteiger partial charge < -0.3 is 9.64 Å². The van der Waals surface area contributed by atoms with Gasteiger partial charge in [-0.2, -0.15) is 0 Å². The number of hydrogen-bond acceptors (Lipinski definition) is 2. The summed E-state index contributed by atoms with van der Waals surface area (Å²) in [6.07, 6.45) is 4.52. The number of likely N-dealkylation sites (tertiary alicyclic amines) is 1. The molecule has 1 unspecified atom stereocenters. The molecule has 120 valence electrons. The Morgan fingerprint density at radius 1 is 1.36 bits per heavy atom. The van der Waals surface area contributed by atoms with Crippen LogP contribution in [0.2, 0.25) is 0 Å². The molecule has 1 aromatic carbocycles. The summed E-state index contributed by atoms with van der Waals surface area (Å²) in [6, 6.07) is 3.88. The zero-order valence-corrected chi connectivity index (χ0v) is 13.1. The second kappa shape index (κ2) is 6.46. The lowest BCUT2D eigenvalue weighted by atomic mass is 10.1. The standard InChI is InChI=1S/C17H21F2NO2/c1-17(2,3)22-16(21)20-11-5-7-13(20)10-9-12-6-4-8-14(18)15(12)19/h4,6,8-10,13H,5,7,11H2,1-3H3. The van der Waals surface area contributed by atoms with Crippen molar-refractivity contribution in [3.63, 3.8) is 0 Å². The van der Waals surface area contributed by atoms with E-state index >= 15 is 0 Å².